The van der Waals surface area contributed by atoms with Gasteiger partial charge in [0, 0.05) is 17.0 Å². The third kappa shape index (κ3) is 4.09. The van der Waals surface area contributed by atoms with Gasteiger partial charge in [-0.05, 0) is 47.6 Å². The zero-order chi connectivity index (χ0) is 21.3. The second kappa shape index (κ2) is 7.81. The molecule has 156 valence electrons. The second-order valence-electron chi connectivity index (χ2n) is 7.94. The fourth-order valence-electron chi connectivity index (χ4n) is 3.57. The smallest absolute Gasteiger partial charge is 0.337 e. The van der Waals surface area contributed by atoms with Crippen molar-refractivity contribution >= 4 is 11.9 Å². The van der Waals surface area contributed by atoms with Crippen LogP contribution in [0.5, 0.6) is 11.5 Å². The van der Waals surface area contributed by atoms with E-state index in [1.807, 2.05) is 12.1 Å². The Labute approximate surface area is 170 Å². The molecule has 0 radical (unpaired) electrons. The molecular formula is C22H27NO6. The maximum absolute atomic E-state index is 13.2. The minimum atomic E-state index is -0.707. The number of dihydropyridines is 1. The first-order valence-corrected chi connectivity index (χ1v) is 9.61. The molecular weight excluding hydrogens is 374 g/mol. The summed E-state index contributed by atoms with van der Waals surface area (Å²) in [6.07, 6.45) is 0. The molecule has 2 aliphatic rings. The van der Waals surface area contributed by atoms with Crippen molar-refractivity contribution in [1.29, 1.82) is 0 Å². The number of fused-ring (bicyclic) bond motifs is 1. The first-order chi connectivity index (χ1) is 13.6. The van der Waals surface area contributed by atoms with E-state index in [0.717, 1.165) is 0 Å². The predicted molar refractivity (Wildman–Crippen MR) is 106 cm³/mol. The van der Waals surface area contributed by atoms with E-state index in [1.165, 1.54) is 0 Å². The molecule has 1 N–H and O–H groups in total. The van der Waals surface area contributed by atoms with Crippen LogP contribution < -0.4 is 14.8 Å². The van der Waals surface area contributed by atoms with Crippen LogP contribution in [0.1, 0.15) is 53.0 Å². The van der Waals surface area contributed by atoms with Crippen molar-refractivity contribution < 1.29 is 28.5 Å². The summed E-state index contributed by atoms with van der Waals surface area (Å²) in [4.78, 5) is 26.1. The summed E-state index contributed by atoms with van der Waals surface area (Å²) in [6, 6.07) is 5.43. The molecule has 0 saturated heterocycles. The van der Waals surface area contributed by atoms with Gasteiger partial charge < -0.3 is 24.3 Å². The second-order valence-corrected chi connectivity index (χ2v) is 7.94. The van der Waals surface area contributed by atoms with Crippen LogP contribution in [0.2, 0.25) is 0 Å². The maximum atomic E-state index is 13.2. The molecule has 2 aliphatic heterocycles. The van der Waals surface area contributed by atoms with Gasteiger partial charge in [0.15, 0.2) is 11.5 Å². The Hall–Kier alpha value is -2.96. The van der Waals surface area contributed by atoms with Gasteiger partial charge in [0.1, 0.15) is 5.60 Å². The van der Waals surface area contributed by atoms with Crippen LogP contribution in [-0.2, 0) is 19.1 Å². The summed E-state index contributed by atoms with van der Waals surface area (Å²) >= 11 is 0. The molecule has 7 nitrogen and oxygen atoms in total. The molecule has 1 aromatic carbocycles. The quantitative estimate of drug-likeness (QED) is 0.773. The van der Waals surface area contributed by atoms with E-state index in [9.17, 15) is 9.59 Å². The Morgan fingerprint density at radius 3 is 2.38 bits per heavy atom. The highest BCUT2D eigenvalue weighted by molar-refractivity contribution is 6.00. The van der Waals surface area contributed by atoms with Crippen LogP contribution in [0, 0.1) is 0 Å². The maximum Gasteiger partial charge on any atom is 0.337 e. The largest absolute Gasteiger partial charge is 0.463 e. The molecule has 0 aromatic heterocycles. The molecule has 7 heteroatoms. The summed E-state index contributed by atoms with van der Waals surface area (Å²) < 4.78 is 22.1. The van der Waals surface area contributed by atoms with Crippen molar-refractivity contribution in [2.45, 2.75) is 53.1 Å². The summed E-state index contributed by atoms with van der Waals surface area (Å²) in [7, 11) is 0. The number of esters is 2. The number of benzene rings is 1. The lowest BCUT2D eigenvalue weighted by atomic mass is 9.80. The highest BCUT2D eigenvalue weighted by Crippen LogP contribution is 2.47. The molecule has 2 heterocycles. The van der Waals surface area contributed by atoms with Crippen LogP contribution in [0.4, 0.5) is 0 Å². The van der Waals surface area contributed by atoms with E-state index >= 15 is 0 Å². The van der Waals surface area contributed by atoms with Crippen molar-refractivity contribution in [3.8, 4) is 11.5 Å². The molecule has 0 spiro atoms. The minimum Gasteiger partial charge on any atom is -0.463 e. The number of carbonyl (C=O) groups excluding carboxylic acids is 2. The molecule has 1 unspecified atom stereocenters. The number of hydrogen-bond donors (Lipinski definition) is 1. The van der Waals surface area contributed by atoms with E-state index in [1.54, 1.807) is 47.6 Å². The Kier molecular flexibility index (Phi) is 5.59. The summed E-state index contributed by atoms with van der Waals surface area (Å²) in [5.41, 5.74) is 1.90. The summed E-state index contributed by atoms with van der Waals surface area (Å²) in [5.74, 6) is -0.612. The zero-order valence-electron chi connectivity index (χ0n) is 17.7. The van der Waals surface area contributed by atoms with Gasteiger partial charge in [-0.2, -0.15) is 0 Å². The number of rotatable bonds is 4. The lowest BCUT2D eigenvalue weighted by molar-refractivity contribution is -0.150. The Morgan fingerprint density at radius 2 is 1.76 bits per heavy atom. The van der Waals surface area contributed by atoms with E-state index in [2.05, 4.69) is 5.32 Å². The number of carbonyl (C=O) groups is 2. The summed E-state index contributed by atoms with van der Waals surface area (Å²) in [5, 5.41) is 3.14. The van der Waals surface area contributed by atoms with Crippen LogP contribution >= 0.6 is 0 Å². The lowest BCUT2D eigenvalue weighted by Gasteiger charge is -2.32. The van der Waals surface area contributed by atoms with Crippen LogP contribution in [0.15, 0.2) is 40.7 Å². The van der Waals surface area contributed by atoms with Crippen molar-refractivity contribution in [3.63, 3.8) is 0 Å². The van der Waals surface area contributed by atoms with Crippen LogP contribution in [0.25, 0.3) is 0 Å². The normalized spacial score (nSPS) is 18.5. The third-order valence-electron chi connectivity index (χ3n) is 4.61. The van der Waals surface area contributed by atoms with Crippen molar-refractivity contribution in [2.24, 2.45) is 0 Å². The predicted octanol–water partition coefficient (Wildman–Crippen LogP) is 3.55. The first kappa shape index (κ1) is 20.8. The number of ether oxygens (including phenoxy) is 4. The Balaban J connectivity index is 2.19. The number of allylic oxidation sites excluding steroid dienone is 2. The monoisotopic (exact) mass is 401 g/mol. The van der Waals surface area contributed by atoms with Gasteiger partial charge in [-0.15, -0.1) is 0 Å². The van der Waals surface area contributed by atoms with Crippen molar-refractivity contribution in [3.05, 3.63) is 46.3 Å². The van der Waals surface area contributed by atoms with Gasteiger partial charge in [-0.25, -0.2) is 9.59 Å². The fraction of sp³-hybridized carbons (Fsp3) is 0.455. The topological polar surface area (TPSA) is 83.1 Å². The molecule has 0 fully saturated rings. The summed E-state index contributed by atoms with van der Waals surface area (Å²) in [6.45, 7) is 11.0. The van der Waals surface area contributed by atoms with Gasteiger partial charge >= 0.3 is 11.9 Å². The molecule has 1 aromatic rings. The average molecular weight is 401 g/mol. The number of para-hydroxylation sites is 1. The van der Waals surface area contributed by atoms with Gasteiger partial charge in [-0.1, -0.05) is 12.1 Å². The van der Waals surface area contributed by atoms with Gasteiger partial charge in [0.25, 0.3) is 0 Å². The molecule has 0 bridgehead atoms. The highest BCUT2D eigenvalue weighted by Gasteiger charge is 2.41. The molecule has 0 amide bonds. The van der Waals surface area contributed by atoms with Gasteiger partial charge in [0.2, 0.25) is 6.79 Å². The average Bonchev–Trinajstić information content (AvgIpc) is 3.08. The van der Waals surface area contributed by atoms with Gasteiger partial charge in [0.05, 0.1) is 23.7 Å². The van der Waals surface area contributed by atoms with Crippen LogP contribution in [-0.4, -0.2) is 30.9 Å². The number of nitrogens with one attached hydrogen (secondary N) is 1. The van der Waals surface area contributed by atoms with E-state index in [-0.39, 0.29) is 13.4 Å². The van der Waals surface area contributed by atoms with Crippen molar-refractivity contribution in [1.82, 2.24) is 5.32 Å². The SMILES string of the molecule is CCOC(=O)C1=C(C)NC(C)=C(C(=O)OC(C)(C)C)C1c1cccc2c1OCO2. The van der Waals surface area contributed by atoms with E-state index in [4.69, 9.17) is 18.9 Å². The third-order valence-corrected chi connectivity index (χ3v) is 4.61. The molecule has 1 atom stereocenters. The molecule has 3 rings (SSSR count). The van der Waals surface area contributed by atoms with Crippen LogP contribution in [0.3, 0.4) is 0 Å². The zero-order valence-corrected chi connectivity index (χ0v) is 17.7. The highest BCUT2D eigenvalue weighted by atomic mass is 16.7. The Morgan fingerprint density at radius 1 is 1.10 bits per heavy atom. The molecule has 0 aliphatic carbocycles. The standard InChI is InChI=1S/C22H27NO6/c1-7-26-20(24)16-12(2)23-13(3)17(21(25)29-22(4,5)6)18(16)14-9-8-10-15-19(14)28-11-27-15/h8-10,18,23H,7,11H2,1-6H3. The lowest BCUT2D eigenvalue weighted by Crippen LogP contribution is -2.35. The van der Waals surface area contributed by atoms with Gasteiger partial charge in [-0.3, -0.25) is 0 Å². The number of hydrogen-bond acceptors (Lipinski definition) is 7. The molecule has 29 heavy (non-hydrogen) atoms. The molecule has 0 saturated carbocycles. The van der Waals surface area contributed by atoms with Crippen molar-refractivity contribution in [2.75, 3.05) is 13.4 Å². The van der Waals surface area contributed by atoms with E-state index < -0.39 is 23.5 Å². The first-order valence-electron chi connectivity index (χ1n) is 9.61. The Bertz CT molecular complexity index is 906. The fourth-order valence-corrected chi connectivity index (χ4v) is 3.57. The minimum absolute atomic E-state index is 0.0826. The van der Waals surface area contributed by atoms with E-state index in [0.29, 0.717) is 39.6 Å².